The molecule has 0 amide bonds. The number of hydrogen-bond acceptors (Lipinski definition) is 7. The normalized spacial score (nSPS) is 10.5. The molecule has 142 valence electrons. The van der Waals surface area contributed by atoms with Crippen LogP contribution in [-0.2, 0) is 6.61 Å². The molecule has 0 bridgehead atoms. The van der Waals surface area contributed by atoms with E-state index in [0.29, 0.717) is 26.8 Å². The van der Waals surface area contributed by atoms with Crippen LogP contribution < -0.4 is 4.74 Å². The van der Waals surface area contributed by atoms with Crippen LogP contribution in [0.15, 0.2) is 76.9 Å². The van der Waals surface area contributed by atoms with Crippen LogP contribution in [0.5, 0.6) is 5.75 Å². The molecule has 0 spiro atoms. The topological polar surface area (TPSA) is 89.5 Å². The van der Waals surface area contributed by atoms with Crippen molar-refractivity contribution >= 4 is 23.4 Å². The van der Waals surface area contributed by atoms with Gasteiger partial charge in [0.2, 0.25) is 5.16 Å². The Hall–Kier alpha value is -3.41. The third kappa shape index (κ3) is 4.37. The first-order chi connectivity index (χ1) is 14.2. The lowest BCUT2D eigenvalue weighted by molar-refractivity contribution is 0.293. The lowest BCUT2D eigenvalue weighted by Gasteiger charge is -2.11. The first kappa shape index (κ1) is 18.9. The van der Waals surface area contributed by atoms with Gasteiger partial charge in [-0.25, -0.2) is 0 Å². The number of para-hydroxylation sites is 2. The third-order valence-corrected chi connectivity index (χ3v) is 5.04. The number of nitriles is 1. The van der Waals surface area contributed by atoms with E-state index in [-0.39, 0.29) is 12.3 Å². The Balaban J connectivity index is 1.65. The van der Waals surface area contributed by atoms with Gasteiger partial charge in [0.05, 0.1) is 5.02 Å². The standard InChI is InChI=1S/C20H13ClN6OS/c21-16-8-4-5-9-17(16)28-13-18-24-26-20(27(18)15-6-2-1-3-7-15)29-19-11-10-14(12-22)23-25-19/h1-11H,13H2. The molecular formula is C20H13ClN6OS. The molecular weight excluding hydrogens is 408 g/mol. The molecule has 0 saturated heterocycles. The van der Waals surface area contributed by atoms with Gasteiger partial charge >= 0.3 is 0 Å². The molecule has 9 heteroatoms. The minimum absolute atomic E-state index is 0.186. The second kappa shape index (κ2) is 8.73. The highest BCUT2D eigenvalue weighted by atomic mass is 35.5. The summed E-state index contributed by atoms with van der Waals surface area (Å²) in [5.74, 6) is 1.18. The number of rotatable bonds is 6. The lowest BCUT2D eigenvalue weighted by atomic mass is 10.3. The van der Waals surface area contributed by atoms with E-state index in [1.165, 1.54) is 11.8 Å². The van der Waals surface area contributed by atoms with Crippen molar-refractivity contribution in [3.8, 4) is 17.5 Å². The predicted octanol–water partition coefficient (Wildman–Crippen LogP) is 4.31. The first-order valence-electron chi connectivity index (χ1n) is 8.53. The Morgan fingerprint density at radius 3 is 2.45 bits per heavy atom. The van der Waals surface area contributed by atoms with Gasteiger partial charge in [-0.05, 0) is 48.2 Å². The summed E-state index contributed by atoms with van der Waals surface area (Å²) in [5.41, 5.74) is 1.15. The molecule has 0 aliphatic rings. The number of aromatic nitrogens is 5. The van der Waals surface area contributed by atoms with Crippen LogP contribution in [0.25, 0.3) is 5.69 Å². The van der Waals surface area contributed by atoms with Gasteiger partial charge in [-0.15, -0.1) is 20.4 Å². The van der Waals surface area contributed by atoms with E-state index >= 15 is 0 Å². The third-order valence-electron chi connectivity index (χ3n) is 3.86. The summed E-state index contributed by atoms with van der Waals surface area (Å²) >= 11 is 7.47. The van der Waals surface area contributed by atoms with Crippen molar-refractivity contribution in [1.82, 2.24) is 25.0 Å². The second-order valence-electron chi connectivity index (χ2n) is 5.76. The highest BCUT2D eigenvalue weighted by Gasteiger charge is 2.17. The van der Waals surface area contributed by atoms with Crippen LogP contribution in [0.2, 0.25) is 5.02 Å². The summed E-state index contributed by atoms with van der Waals surface area (Å²) in [5, 5.41) is 27.1. The van der Waals surface area contributed by atoms with Gasteiger partial charge < -0.3 is 4.74 Å². The summed E-state index contributed by atoms with van der Waals surface area (Å²) in [6, 6.07) is 22.3. The maximum atomic E-state index is 8.88. The minimum atomic E-state index is 0.186. The molecule has 0 radical (unpaired) electrons. The van der Waals surface area contributed by atoms with Crippen molar-refractivity contribution in [1.29, 1.82) is 5.26 Å². The van der Waals surface area contributed by atoms with Gasteiger partial charge in [-0.1, -0.05) is 41.9 Å². The first-order valence-corrected chi connectivity index (χ1v) is 9.73. The zero-order valence-electron chi connectivity index (χ0n) is 14.9. The highest BCUT2D eigenvalue weighted by molar-refractivity contribution is 7.99. The fraction of sp³-hybridized carbons (Fsp3) is 0.0500. The molecule has 2 aromatic carbocycles. The molecule has 2 heterocycles. The molecule has 0 saturated carbocycles. The van der Waals surface area contributed by atoms with Crippen molar-refractivity contribution < 1.29 is 4.74 Å². The van der Waals surface area contributed by atoms with E-state index in [0.717, 1.165) is 5.69 Å². The van der Waals surface area contributed by atoms with Gasteiger partial charge in [0.1, 0.15) is 23.5 Å². The molecule has 0 fully saturated rings. The highest BCUT2D eigenvalue weighted by Crippen LogP contribution is 2.29. The van der Waals surface area contributed by atoms with Gasteiger partial charge in [-0.3, -0.25) is 4.57 Å². The number of ether oxygens (including phenoxy) is 1. The summed E-state index contributed by atoms with van der Waals surface area (Å²) in [6.45, 7) is 0.186. The van der Waals surface area contributed by atoms with Crippen molar-refractivity contribution in [3.05, 3.63) is 83.3 Å². The van der Waals surface area contributed by atoms with Crippen molar-refractivity contribution in [2.24, 2.45) is 0 Å². The number of nitrogens with zero attached hydrogens (tertiary/aromatic N) is 6. The summed E-state index contributed by atoms with van der Waals surface area (Å²) in [6.07, 6.45) is 0. The van der Waals surface area contributed by atoms with Crippen LogP contribution >= 0.6 is 23.4 Å². The molecule has 0 atom stereocenters. The van der Waals surface area contributed by atoms with Crippen molar-refractivity contribution in [3.63, 3.8) is 0 Å². The minimum Gasteiger partial charge on any atom is -0.484 e. The van der Waals surface area contributed by atoms with Crippen LogP contribution in [0, 0.1) is 11.3 Å². The molecule has 29 heavy (non-hydrogen) atoms. The Morgan fingerprint density at radius 1 is 0.931 bits per heavy atom. The number of hydrogen-bond donors (Lipinski definition) is 0. The van der Waals surface area contributed by atoms with E-state index in [1.54, 1.807) is 24.3 Å². The van der Waals surface area contributed by atoms with Crippen molar-refractivity contribution in [2.75, 3.05) is 0 Å². The lowest BCUT2D eigenvalue weighted by Crippen LogP contribution is -2.06. The van der Waals surface area contributed by atoms with E-state index in [4.69, 9.17) is 21.6 Å². The second-order valence-corrected chi connectivity index (χ2v) is 7.15. The smallest absolute Gasteiger partial charge is 0.202 e. The average Bonchev–Trinajstić information content (AvgIpc) is 3.16. The largest absolute Gasteiger partial charge is 0.484 e. The van der Waals surface area contributed by atoms with Crippen LogP contribution in [0.3, 0.4) is 0 Å². The van der Waals surface area contributed by atoms with Gasteiger partial charge in [0.15, 0.2) is 11.5 Å². The quantitative estimate of drug-likeness (QED) is 0.459. The Bertz CT molecular complexity index is 1160. The Labute approximate surface area is 175 Å². The molecule has 0 unspecified atom stereocenters. The molecule has 2 aromatic heterocycles. The summed E-state index contributed by atoms with van der Waals surface area (Å²) in [7, 11) is 0. The van der Waals surface area contributed by atoms with Crippen LogP contribution in [0.1, 0.15) is 11.5 Å². The fourth-order valence-corrected chi connectivity index (χ4v) is 3.51. The molecule has 7 nitrogen and oxygen atoms in total. The predicted molar refractivity (Wildman–Crippen MR) is 108 cm³/mol. The maximum absolute atomic E-state index is 8.88. The number of benzene rings is 2. The Kier molecular flexibility index (Phi) is 5.70. The van der Waals surface area contributed by atoms with E-state index < -0.39 is 0 Å². The van der Waals surface area contributed by atoms with Crippen LogP contribution in [-0.4, -0.2) is 25.0 Å². The monoisotopic (exact) mass is 420 g/mol. The van der Waals surface area contributed by atoms with E-state index in [9.17, 15) is 0 Å². The van der Waals surface area contributed by atoms with E-state index in [2.05, 4.69) is 20.4 Å². The molecule has 0 N–H and O–H groups in total. The fourth-order valence-electron chi connectivity index (χ4n) is 2.53. The summed E-state index contributed by atoms with van der Waals surface area (Å²) in [4.78, 5) is 0. The average molecular weight is 421 g/mol. The molecule has 4 aromatic rings. The summed E-state index contributed by atoms with van der Waals surface area (Å²) < 4.78 is 7.74. The van der Waals surface area contributed by atoms with Crippen molar-refractivity contribution in [2.45, 2.75) is 16.8 Å². The molecule has 0 aliphatic carbocycles. The SMILES string of the molecule is N#Cc1ccc(Sc2nnc(COc3ccccc3Cl)n2-c2ccccc2)nn1. The zero-order valence-corrected chi connectivity index (χ0v) is 16.5. The van der Waals surface area contributed by atoms with Crippen LogP contribution in [0.4, 0.5) is 0 Å². The maximum Gasteiger partial charge on any atom is 0.202 e. The van der Waals surface area contributed by atoms with Gasteiger partial charge in [-0.2, -0.15) is 5.26 Å². The van der Waals surface area contributed by atoms with Gasteiger partial charge in [0.25, 0.3) is 0 Å². The van der Waals surface area contributed by atoms with E-state index in [1.807, 2.05) is 53.1 Å². The zero-order chi connectivity index (χ0) is 20.1. The molecule has 4 rings (SSSR count). The molecule has 0 aliphatic heterocycles. The Morgan fingerprint density at radius 2 is 1.72 bits per heavy atom. The number of halogens is 1. The van der Waals surface area contributed by atoms with Gasteiger partial charge in [0, 0.05) is 5.69 Å².